The van der Waals surface area contributed by atoms with Crippen LogP contribution in [0.2, 0.25) is 0 Å². The van der Waals surface area contributed by atoms with Gasteiger partial charge in [0.15, 0.2) is 0 Å². The number of hydrogen-bond acceptors (Lipinski definition) is 5. The van der Waals surface area contributed by atoms with Gasteiger partial charge in [-0.25, -0.2) is 4.79 Å². The molecule has 0 amide bonds. The van der Waals surface area contributed by atoms with Crippen LogP contribution >= 0.6 is 0 Å². The molecule has 1 fully saturated rings. The van der Waals surface area contributed by atoms with Gasteiger partial charge in [0, 0.05) is 11.0 Å². The Labute approximate surface area is 321 Å². The summed E-state index contributed by atoms with van der Waals surface area (Å²) in [4.78, 5) is 12.0. The van der Waals surface area contributed by atoms with Gasteiger partial charge >= 0.3 is 5.97 Å². The van der Waals surface area contributed by atoms with E-state index in [1.807, 2.05) is 6.07 Å². The zero-order valence-electron chi connectivity index (χ0n) is 33.4. The predicted octanol–water partition coefficient (Wildman–Crippen LogP) is 11.8. The van der Waals surface area contributed by atoms with Crippen LogP contribution in [0.3, 0.4) is 0 Å². The van der Waals surface area contributed by atoms with Crippen LogP contribution in [-0.4, -0.2) is 42.6 Å². The summed E-state index contributed by atoms with van der Waals surface area (Å²) in [6, 6.07) is 22.6. The lowest BCUT2D eigenvalue weighted by Gasteiger charge is -2.30. The number of aliphatic hydroxyl groups excluding tert-OH is 2. The van der Waals surface area contributed by atoms with E-state index in [1.165, 1.54) is 79.2 Å². The third-order valence-electron chi connectivity index (χ3n) is 11.7. The Morgan fingerprint density at radius 2 is 1.42 bits per heavy atom. The standard InChI is InChI=1S/C48H68O5/c1-6-9-11-14-37-16-18-39(19-17-37)40-20-22-41(23-21-40)42-24-26-45(38(8-3)32-42)43-25-27-46(44(33-43)15-13-30-53-47(51)36(4)5)52-31-29-48(34-49,35-50)28-12-10-7-2/h20-27,32-33,37,39,49-50H,4,6-19,28-31,34-35H2,1-3,5H3. The molecule has 0 aromatic heterocycles. The predicted molar refractivity (Wildman–Crippen MR) is 220 cm³/mol. The highest BCUT2D eigenvalue weighted by atomic mass is 16.5. The first-order valence-electron chi connectivity index (χ1n) is 20.8. The summed E-state index contributed by atoms with van der Waals surface area (Å²) in [5, 5.41) is 20.4. The minimum atomic E-state index is -0.544. The maximum atomic E-state index is 12.0. The molecule has 1 aliphatic carbocycles. The Bertz CT molecular complexity index is 1540. The van der Waals surface area contributed by atoms with Gasteiger partial charge in [0.25, 0.3) is 0 Å². The molecule has 0 atom stereocenters. The highest BCUT2D eigenvalue weighted by Gasteiger charge is 2.28. The number of carbonyl (C=O) groups excluding carboxylic acids is 1. The van der Waals surface area contributed by atoms with Crippen molar-refractivity contribution in [1.29, 1.82) is 0 Å². The molecule has 4 rings (SSSR count). The average Bonchev–Trinajstić information content (AvgIpc) is 3.19. The van der Waals surface area contributed by atoms with Crippen LogP contribution in [0, 0.1) is 11.3 Å². The highest BCUT2D eigenvalue weighted by Crippen LogP contribution is 2.39. The van der Waals surface area contributed by atoms with Crippen LogP contribution in [0.5, 0.6) is 5.75 Å². The van der Waals surface area contributed by atoms with E-state index in [0.717, 1.165) is 54.9 Å². The minimum Gasteiger partial charge on any atom is -0.493 e. The van der Waals surface area contributed by atoms with Gasteiger partial charge in [0.1, 0.15) is 5.75 Å². The first kappa shape index (κ1) is 42.3. The van der Waals surface area contributed by atoms with E-state index in [1.54, 1.807) is 6.92 Å². The molecule has 0 heterocycles. The minimum absolute atomic E-state index is 0.0590. The summed E-state index contributed by atoms with van der Waals surface area (Å²) in [5.74, 6) is 2.04. The van der Waals surface area contributed by atoms with E-state index in [4.69, 9.17) is 9.47 Å². The summed E-state index contributed by atoms with van der Waals surface area (Å²) in [5.41, 5.74) is 8.54. The third kappa shape index (κ3) is 12.6. The van der Waals surface area contributed by atoms with Crippen LogP contribution in [0.4, 0.5) is 0 Å². The van der Waals surface area contributed by atoms with Gasteiger partial charge in [0.2, 0.25) is 0 Å². The zero-order chi connectivity index (χ0) is 38.1. The van der Waals surface area contributed by atoms with E-state index in [2.05, 4.69) is 81.9 Å². The van der Waals surface area contributed by atoms with Crippen molar-refractivity contribution in [2.24, 2.45) is 11.3 Å². The van der Waals surface area contributed by atoms with E-state index >= 15 is 0 Å². The average molecular weight is 725 g/mol. The summed E-state index contributed by atoms with van der Waals surface area (Å²) < 4.78 is 11.8. The second-order valence-corrected chi connectivity index (χ2v) is 15.8. The monoisotopic (exact) mass is 725 g/mol. The van der Waals surface area contributed by atoms with Crippen molar-refractivity contribution in [3.63, 3.8) is 0 Å². The van der Waals surface area contributed by atoms with E-state index < -0.39 is 5.41 Å². The Morgan fingerprint density at radius 3 is 2.08 bits per heavy atom. The number of rotatable bonds is 23. The normalized spacial score (nSPS) is 16.0. The molecule has 0 saturated heterocycles. The maximum absolute atomic E-state index is 12.0. The molecule has 0 spiro atoms. The van der Waals surface area contributed by atoms with Crippen molar-refractivity contribution < 1.29 is 24.5 Å². The molecule has 3 aromatic rings. The van der Waals surface area contributed by atoms with E-state index in [0.29, 0.717) is 44.0 Å². The molecule has 0 radical (unpaired) electrons. The molecule has 0 bridgehead atoms. The van der Waals surface area contributed by atoms with Crippen molar-refractivity contribution in [2.75, 3.05) is 26.4 Å². The molecule has 1 saturated carbocycles. The Morgan fingerprint density at radius 1 is 0.755 bits per heavy atom. The fourth-order valence-corrected chi connectivity index (χ4v) is 8.02. The first-order valence-corrected chi connectivity index (χ1v) is 20.8. The second-order valence-electron chi connectivity index (χ2n) is 15.8. The molecule has 3 aromatic carbocycles. The maximum Gasteiger partial charge on any atom is 0.333 e. The van der Waals surface area contributed by atoms with Crippen LogP contribution in [0.15, 0.2) is 72.8 Å². The molecule has 1 aliphatic rings. The Hall–Kier alpha value is -3.41. The van der Waals surface area contributed by atoms with Gasteiger partial charge in [-0.05, 0) is 128 Å². The molecule has 5 nitrogen and oxygen atoms in total. The quantitative estimate of drug-likeness (QED) is 0.0578. The van der Waals surface area contributed by atoms with Crippen LogP contribution in [0.25, 0.3) is 22.3 Å². The topological polar surface area (TPSA) is 76.0 Å². The van der Waals surface area contributed by atoms with Gasteiger partial charge in [0.05, 0.1) is 26.4 Å². The fraction of sp³-hybridized carbons (Fsp3) is 0.562. The Kier molecular flexibility index (Phi) is 17.6. The lowest BCUT2D eigenvalue weighted by Crippen LogP contribution is -2.32. The number of hydrogen-bond donors (Lipinski definition) is 2. The summed E-state index contributed by atoms with van der Waals surface area (Å²) >= 11 is 0. The number of benzene rings is 3. The van der Waals surface area contributed by atoms with Crippen molar-refractivity contribution in [1.82, 2.24) is 0 Å². The van der Waals surface area contributed by atoms with Crippen molar-refractivity contribution in [3.05, 3.63) is 89.5 Å². The van der Waals surface area contributed by atoms with Gasteiger partial charge < -0.3 is 19.7 Å². The number of aliphatic hydroxyl groups is 2. The molecule has 2 N–H and O–H groups in total. The van der Waals surface area contributed by atoms with Crippen LogP contribution in [-0.2, 0) is 22.4 Å². The van der Waals surface area contributed by atoms with E-state index in [9.17, 15) is 15.0 Å². The second kappa shape index (κ2) is 22.1. The van der Waals surface area contributed by atoms with Crippen molar-refractivity contribution >= 4 is 5.97 Å². The van der Waals surface area contributed by atoms with Gasteiger partial charge in [-0.15, -0.1) is 0 Å². The number of ether oxygens (including phenoxy) is 2. The smallest absolute Gasteiger partial charge is 0.333 e. The number of esters is 1. The number of aryl methyl sites for hydroxylation is 2. The molecular formula is C48H68O5. The number of unbranched alkanes of at least 4 members (excludes halogenated alkanes) is 4. The first-order chi connectivity index (χ1) is 25.8. The fourth-order valence-electron chi connectivity index (χ4n) is 8.02. The highest BCUT2D eigenvalue weighted by molar-refractivity contribution is 5.86. The molecule has 290 valence electrons. The SMILES string of the molecule is C=C(C)C(=O)OCCCc1cc(-c2ccc(-c3ccc(C4CCC(CCCCC)CC4)cc3)cc2CC)ccc1OCCC(CO)(CO)CCCCC. The van der Waals surface area contributed by atoms with Crippen molar-refractivity contribution in [3.8, 4) is 28.0 Å². The summed E-state index contributed by atoms with van der Waals surface area (Å²) in [6.07, 6.45) is 17.6. The molecular weight excluding hydrogens is 657 g/mol. The third-order valence-corrected chi connectivity index (χ3v) is 11.7. The van der Waals surface area contributed by atoms with Gasteiger partial charge in [-0.3, -0.25) is 0 Å². The lowest BCUT2D eigenvalue weighted by molar-refractivity contribution is -0.139. The summed E-state index contributed by atoms with van der Waals surface area (Å²) in [6.45, 7) is 12.6. The molecule has 5 heteroatoms. The van der Waals surface area contributed by atoms with Crippen LogP contribution < -0.4 is 4.74 Å². The zero-order valence-corrected chi connectivity index (χ0v) is 33.4. The van der Waals surface area contributed by atoms with Crippen molar-refractivity contribution in [2.45, 2.75) is 136 Å². The molecule has 0 unspecified atom stereocenters. The largest absolute Gasteiger partial charge is 0.493 e. The molecule has 0 aliphatic heterocycles. The molecule has 53 heavy (non-hydrogen) atoms. The lowest BCUT2D eigenvalue weighted by atomic mass is 9.77. The van der Waals surface area contributed by atoms with Crippen LogP contribution in [0.1, 0.15) is 140 Å². The van der Waals surface area contributed by atoms with Gasteiger partial charge in [-0.1, -0.05) is 121 Å². The van der Waals surface area contributed by atoms with E-state index in [-0.39, 0.29) is 19.2 Å². The summed E-state index contributed by atoms with van der Waals surface area (Å²) in [7, 11) is 0. The Balaban J connectivity index is 1.48. The van der Waals surface area contributed by atoms with Gasteiger partial charge in [-0.2, -0.15) is 0 Å². The number of carbonyl (C=O) groups is 1.